The lowest BCUT2D eigenvalue weighted by atomic mass is 10.1. The largest absolute Gasteiger partial charge is 0.493 e. The summed E-state index contributed by atoms with van der Waals surface area (Å²) in [7, 11) is 0. The summed E-state index contributed by atoms with van der Waals surface area (Å²) in [5.41, 5.74) is 7.60. The Balaban J connectivity index is 2.56. The molecule has 0 saturated heterocycles. The van der Waals surface area contributed by atoms with Crippen LogP contribution in [0.25, 0.3) is 11.3 Å². The first-order valence-electron chi connectivity index (χ1n) is 6.41. The predicted octanol–water partition coefficient (Wildman–Crippen LogP) is 2.37. The van der Waals surface area contributed by atoms with Gasteiger partial charge in [-0.15, -0.1) is 0 Å². The van der Waals surface area contributed by atoms with Crippen LogP contribution in [0.15, 0.2) is 24.3 Å². The first-order valence-corrected chi connectivity index (χ1v) is 6.41. The van der Waals surface area contributed by atoms with Crippen LogP contribution in [0.4, 0.5) is 5.82 Å². The Morgan fingerprint density at radius 1 is 1.32 bits per heavy atom. The van der Waals surface area contributed by atoms with E-state index in [1.54, 1.807) is 0 Å². The van der Waals surface area contributed by atoms with Crippen molar-refractivity contribution >= 4 is 5.82 Å². The van der Waals surface area contributed by atoms with E-state index in [0.29, 0.717) is 18.1 Å². The van der Waals surface area contributed by atoms with Crippen molar-refractivity contribution in [2.24, 2.45) is 0 Å². The summed E-state index contributed by atoms with van der Waals surface area (Å²) < 4.78 is 7.06. The molecule has 4 N–H and O–H groups in total. The second-order valence-electron chi connectivity index (χ2n) is 4.66. The molecule has 0 aliphatic carbocycles. The average Bonchev–Trinajstić information content (AvgIpc) is 2.68. The molecule has 0 unspecified atom stereocenters. The number of nitrogen functional groups attached to an aromatic ring is 2. The average molecular weight is 260 g/mol. The van der Waals surface area contributed by atoms with Crippen molar-refractivity contribution in [2.45, 2.75) is 26.7 Å². The van der Waals surface area contributed by atoms with Gasteiger partial charge in [-0.1, -0.05) is 26.0 Å². The molecule has 5 nitrogen and oxygen atoms in total. The van der Waals surface area contributed by atoms with E-state index in [9.17, 15) is 0 Å². The molecule has 0 aliphatic rings. The van der Waals surface area contributed by atoms with E-state index in [0.717, 1.165) is 17.1 Å². The van der Waals surface area contributed by atoms with Gasteiger partial charge in [-0.05, 0) is 19.1 Å². The van der Waals surface area contributed by atoms with E-state index in [-0.39, 0.29) is 5.92 Å². The van der Waals surface area contributed by atoms with E-state index < -0.39 is 0 Å². The number of para-hydroxylation sites is 1. The van der Waals surface area contributed by atoms with Crippen LogP contribution in [-0.2, 0) is 0 Å². The van der Waals surface area contributed by atoms with Crippen molar-refractivity contribution in [2.75, 3.05) is 18.2 Å². The summed E-state index contributed by atoms with van der Waals surface area (Å²) in [6, 6.07) is 7.70. The third-order valence-electron chi connectivity index (χ3n) is 2.93. The zero-order valence-electron chi connectivity index (χ0n) is 11.6. The molecule has 1 aromatic heterocycles. The lowest BCUT2D eigenvalue weighted by Gasteiger charge is -2.08. The first-order chi connectivity index (χ1) is 9.06. The van der Waals surface area contributed by atoms with Crippen molar-refractivity contribution in [1.29, 1.82) is 0 Å². The Labute approximate surface area is 113 Å². The molecule has 0 aliphatic heterocycles. The Morgan fingerprint density at radius 2 is 2.00 bits per heavy atom. The number of nitrogens with two attached hydrogens (primary N) is 2. The number of imidazole rings is 1. The summed E-state index contributed by atoms with van der Waals surface area (Å²) in [5.74, 6) is 8.15. The molecule has 2 rings (SSSR count). The molecule has 1 aromatic carbocycles. The van der Waals surface area contributed by atoms with E-state index in [2.05, 4.69) is 4.98 Å². The highest BCUT2D eigenvalue weighted by atomic mass is 16.5. The van der Waals surface area contributed by atoms with Gasteiger partial charge in [-0.3, -0.25) is 0 Å². The lowest BCUT2D eigenvalue weighted by Crippen LogP contribution is -2.16. The third-order valence-corrected chi connectivity index (χ3v) is 2.93. The number of rotatable bonds is 4. The molecule has 1 heterocycles. The van der Waals surface area contributed by atoms with Crippen LogP contribution in [0.2, 0.25) is 0 Å². The number of benzene rings is 1. The third kappa shape index (κ3) is 2.36. The van der Waals surface area contributed by atoms with Crippen molar-refractivity contribution < 1.29 is 4.74 Å². The Kier molecular flexibility index (Phi) is 3.64. The van der Waals surface area contributed by atoms with Crippen LogP contribution < -0.4 is 16.3 Å². The van der Waals surface area contributed by atoms with E-state index in [1.165, 1.54) is 4.68 Å². The molecular formula is C14H20N4O. The minimum Gasteiger partial charge on any atom is -0.493 e. The van der Waals surface area contributed by atoms with Gasteiger partial charge in [0, 0.05) is 11.5 Å². The summed E-state index contributed by atoms with van der Waals surface area (Å²) in [5, 5.41) is 0. The van der Waals surface area contributed by atoms with Crippen LogP contribution in [0.5, 0.6) is 5.75 Å². The lowest BCUT2D eigenvalue weighted by molar-refractivity contribution is 0.341. The molecule has 0 amide bonds. The fourth-order valence-electron chi connectivity index (χ4n) is 2.01. The minimum absolute atomic E-state index is 0.209. The van der Waals surface area contributed by atoms with E-state index in [1.807, 2.05) is 45.0 Å². The molecule has 5 heteroatoms. The van der Waals surface area contributed by atoms with Crippen molar-refractivity contribution in [3.63, 3.8) is 0 Å². The zero-order chi connectivity index (χ0) is 14.0. The second-order valence-corrected chi connectivity index (χ2v) is 4.66. The maximum absolute atomic E-state index is 6.06. The maximum atomic E-state index is 6.06. The van der Waals surface area contributed by atoms with E-state index in [4.69, 9.17) is 16.3 Å². The number of hydrogen-bond donors (Lipinski definition) is 2. The zero-order valence-corrected chi connectivity index (χ0v) is 11.6. The smallest absolute Gasteiger partial charge is 0.150 e. The van der Waals surface area contributed by atoms with Crippen LogP contribution >= 0.6 is 0 Å². The Bertz CT molecular complexity index is 575. The van der Waals surface area contributed by atoms with Crippen LogP contribution in [0.1, 0.15) is 32.5 Å². The molecular weight excluding hydrogens is 240 g/mol. The number of ether oxygens (including phenoxy) is 1. The highest BCUT2D eigenvalue weighted by molar-refractivity contribution is 5.76. The number of anilines is 1. The predicted molar refractivity (Wildman–Crippen MR) is 77.5 cm³/mol. The van der Waals surface area contributed by atoms with E-state index >= 15 is 0 Å². The van der Waals surface area contributed by atoms with Gasteiger partial charge in [0.05, 0.1) is 6.61 Å². The summed E-state index contributed by atoms with van der Waals surface area (Å²) in [4.78, 5) is 4.55. The number of hydrogen-bond acceptors (Lipinski definition) is 4. The molecule has 0 atom stereocenters. The van der Waals surface area contributed by atoms with Gasteiger partial charge < -0.3 is 16.3 Å². The fourth-order valence-corrected chi connectivity index (χ4v) is 2.01. The van der Waals surface area contributed by atoms with Crippen LogP contribution in [0, 0.1) is 0 Å². The highest BCUT2D eigenvalue weighted by Crippen LogP contribution is 2.34. The fraction of sp³-hybridized carbons (Fsp3) is 0.357. The molecule has 0 radical (unpaired) electrons. The Morgan fingerprint density at radius 3 is 2.58 bits per heavy atom. The minimum atomic E-state index is 0.209. The van der Waals surface area contributed by atoms with Gasteiger partial charge in [-0.25, -0.2) is 9.66 Å². The molecule has 0 spiro atoms. The SMILES string of the molecule is CCOc1ccccc1-c1nc(C(C)C)n(N)c1N. The molecule has 2 aromatic rings. The second kappa shape index (κ2) is 5.22. The van der Waals surface area contributed by atoms with Gasteiger partial charge in [0.25, 0.3) is 0 Å². The van der Waals surface area contributed by atoms with Gasteiger partial charge in [0.1, 0.15) is 17.3 Å². The van der Waals surface area contributed by atoms with Gasteiger partial charge >= 0.3 is 0 Å². The topological polar surface area (TPSA) is 79.1 Å². The van der Waals surface area contributed by atoms with Crippen LogP contribution in [-0.4, -0.2) is 16.3 Å². The normalized spacial score (nSPS) is 10.9. The standard InChI is InChI=1S/C14H20N4O/c1-4-19-11-8-6-5-7-10(11)12-13(15)18(16)14(17-12)9(2)3/h5-9H,4,15-16H2,1-3H3. The molecule has 0 bridgehead atoms. The number of nitrogens with zero attached hydrogens (tertiary/aromatic N) is 2. The summed E-state index contributed by atoms with van der Waals surface area (Å²) >= 11 is 0. The first kappa shape index (κ1) is 13.3. The van der Waals surface area contributed by atoms with Crippen LogP contribution in [0.3, 0.4) is 0 Å². The monoisotopic (exact) mass is 260 g/mol. The van der Waals surface area contributed by atoms with Crippen molar-refractivity contribution in [3.8, 4) is 17.0 Å². The van der Waals surface area contributed by atoms with Gasteiger partial charge in [0.15, 0.2) is 5.82 Å². The summed E-state index contributed by atoms with van der Waals surface area (Å²) in [6.45, 7) is 6.60. The van der Waals surface area contributed by atoms with Gasteiger partial charge in [-0.2, -0.15) is 0 Å². The van der Waals surface area contributed by atoms with Gasteiger partial charge in [0.2, 0.25) is 0 Å². The Hall–Kier alpha value is -2.17. The maximum Gasteiger partial charge on any atom is 0.150 e. The molecule has 0 saturated carbocycles. The van der Waals surface area contributed by atoms with Crippen molar-refractivity contribution in [3.05, 3.63) is 30.1 Å². The molecule has 0 fully saturated rings. The number of aromatic nitrogens is 2. The summed E-state index contributed by atoms with van der Waals surface area (Å²) in [6.07, 6.45) is 0. The quantitative estimate of drug-likeness (QED) is 0.827. The molecule has 102 valence electrons. The molecule has 19 heavy (non-hydrogen) atoms. The van der Waals surface area contributed by atoms with Crippen molar-refractivity contribution in [1.82, 2.24) is 9.66 Å². The highest BCUT2D eigenvalue weighted by Gasteiger charge is 2.19.